The molecule has 0 spiro atoms. The fourth-order valence-corrected chi connectivity index (χ4v) is 3.68. The molecule has 134 valence electrons. The van der Waals surface area contributed by atoms with E-state index >= 15 is 0 Å². The number of aromatic nitrogens is 1. The molecule has 1 aromatic heterocycles. The van der Waals surface area contributed by atoms with Gasteiger partial charge in [0.25, 0.3) is 11.8 Å². The predicted octanol–water partition coefficient (Wildman–Crippen LogP) is 3.43. The van der Waals surface area contributed by atoms with E-state index < -0.39 is 23.8 Å². The molecule has 6 nitrogen and oxygen atoms in total. The number of fused-ring (bicyclic) bond motifs is 1. The third-order valence-corrected chi connectivity index (χ3v) is 5.15. The van der Waals surface area contributed by atoms with E-state index in [0.717, 1.165) is 16.2 Å². The standard InChI is InChI=1S/C20H15N3O3S/c1-12(23-18(25)14-9-5-6-10-15(14)19(23)26)17(24)22-20-21-16(11-27-20)13-7-3-2-4-8-13/h2-12H,1H3,(H,21,22,24)/t12-/m0/s1. The van der Waals surface area contributed by atoms with Gasteiger partial charge in [-0.3, -0.25) is 19.3 Å². The van der Waals surface area contributed by atoms with Crippen molar-refractivity contribution in [2.75, 3.05) is 5.32 Å². The molecule has 1 atom stereocenters. The maximum atomic E-state index is 12.6. The highest BCUT2D eigenvalue weighted by atomic mass is 32.1. The number of rotatable bonds is 4. The summed E-state index contributed by atoms with van der Waals surface area (Å²) < 4.78 is 0. The highest BCUT2D eigenvalue weighted by Crippen LogP contribution is 2.27. The van der Waals surface area contributed by atoms with Crippen LogP contribution in [0, 0.1) is 0 Å². The van der Waals surface area contributed by atoms with Gasteiger partial charge in [-0.05, 0) is 19.1 Å². The summed E-state index contributed by atoms with van der Waals surface area (Å²) in [4.78, 5) is 43.0. The number of thiazole rings is 1. The predicted molar refractivity (Wildman–Crippen MR) is 103 cm³/mol. The Morgan fingerprint density at radius 3 is 2.22 bits per heavy atom. The van der Waals surface area contributed by atoms with E-state index in [1.165, 1.54) is 18.3 Å². The number of nitrogens with one attached hydrogen (secondary N) is 1. The SMILES string of the molecule is C[C@@H](C(=O)Nc1nc(-c2ccccc2)cs1)N1C(=O)c2ccccc2C1=O. The van der Waals surface area contributed by atoms with Crippen LogP contribution in [0.25, 0.3) is 11.3 Å². The van der Waals surface area contributed by atoms with Crippen molar-refractivity contribution in [3.63, 3.8) is 0 Å². The highest BCUT2D eigenvalue weighted by Gasteiger charge is 2.40. The summed E-state index contributed by atoms with van der Waals surface area (Å²) in [5, 5.41) is 4.96. The van der Waals surface area contributed by atoms with Gasteiger partial charge in [-0.25, -0.2) is 4.98 Å². The maximum Gasteiger partial charge on any atom is 0.262 e. The zero-order valence-corrected chi connectivity index (χ0v) is 15.2. The van der Waals surface area contributed by atoms with Gasteiger partial charge in [-0.15, -0.1) is 11.3 Å². The average molecular weight is 377 g/mol. The molecule has 1 aliphatic rings. The first-order valence-corrected chi connectivity index (χ1v) is 9.23. The van der Waals surface area contributed by atoms with Gasteiger partial charge in [0.15, 0.2) is 5.13 Å². The van der Waals surface area contributed by atoms with E-state index in [0.29, 0.717) is 16.3 Å². The summed E-state index contributed by atoms with van der Waals surface area (Å²) in [6, 6.07) is 15.2. The highest BCUT2D eigenvalue weighted by molar-refractivity contribution is 7.14. The summed E-state index contributed by atoms with van der Waals surface area (Å²) in [5.74, 6) is -1.37. The number of carbonyl (C=O) groups excluding carboxylic acids is 3. The molecule has 3 amide bonds. The maximum absolute atomic E-state index is 12.6. The first-order valence-electron chi connectivity index (χ1n) is 8.35. The first kappa shape index (κ1) is 17.1. The Balaban J connectivity index is 1.50. The number of carbonyl (C=O) groups is 3. The smallest absolute Gasteiger partial charge is 0.262 e. The molecule has 0 unspecified atom stereocenters. The van der Waals surface area contributed by atoms with Crippen LogP contribution < -0.4 is 5.32 Å². The zero-order valence-electron chi connectivity index (χ0n) is 14.4. The van der Waals surface area contributed by atoms with Gasteiger partial charge in [-0.1, -0.05) is 42.5 Å². The van der Waals surface area contributed by atoms with Crippen LogP contribution in [0.3, 0.4) is 0 Å². The number of anilines is 1. The van der Waals surface area contributed by atoms with Crippen molar-refractivity contribution >= 4 is 34.2 Å². The van der Waals surface area contributed by atoms with Gasteiger partial charge < -0.3 is 5.32 Å². The Bertz CT molecular complexity index is 1010. The molecule has 2 heterocycles. The van der Waals surface area contributed by atoms with Crippen molar-refractivity contribution in [2.24, 2.45) is 0 Å². The molecule has 2 aromatic carbocycles. The molecule has 7 heteroatoms. The summed E-state index contributed by atoms with van der Waals surface area (Å²) in [7, 11) is 0. The van der Waals surface area contributed by atoms with Gasteiger partial charge in [0.05, 0.1) is 16.8 Å². The number of hydrogen-bond acceptors (Lipinski definition) is 5. The molecular weight excluding hydrogens is 362 g/mol. The van der Waals surface area contributed by atoms with Crippen LogP contribution in [-0.2, 0) is 4.79 Å². The monoisotopic (exact) mass is 377 g/mol. The van der Waals surface area contributed by atoms with E-state index in [1.807, 2.05) is 35.7 Å². The lowest BCUT2D eigenvalue weighted by molar-refractivity contribution is -0.119. The third-order valence-electron chi connectivity index (χ3n) is 4.40. The molecule has 0 fully saturated rings. The van der Waals surface area contributed by atoms with Gasteiger partial charge in [-0.2, -0.15) is 0 Å². The molecular formula is C20H15N3O3S. The van der Waals surface area contributed by atoms with Crippen LogP contribution in [0.5, 0.6) is 0 Å². The minimum absolute atomic E-state index is 0.322. The van der Waals surface area contributed by atoms with Crippen LogP contribution in [0.2, 0.25) is 0 Å². The number of imide groups is 1. The van der Waals surface area contributed by atoms with Crippen LogP contribution >= 0.6 is 11.3 Å². The van der Waals surface area contributed by atoms with Crippen molar-refractivity contribution in [2.45, 2.75) is 13.0 Å². The molecule has 0 saturated heterocycles. The van der Waals surface area contributed by atoms with Gasteiger partial charge >= 0.3 is 0 Å². The quantitative estimate of drug-likeness (QED) is 0.707. The van der Waals surface area contributed by atoms with Crippen molar-refractivity contribution in [1.82, 2.24) is 9.88 Å². The van der Waals surface area contributed by atoms with Gasteiger partial charge in [0.1, 0.15) is 6.04 Å². The Hall–Kier alpha value is -3.32. The lowest BCUT2D eigenvalue weighted by Crippen LogP contribution is -2.45. The third kappa shape index (κ3) is 3.02. The summed E-state index contributed by atoms with van der Waals surface area (Å²) in [6.07, 6.45) is 0. The Morgan fingerprint density at radius 1 is 1.00 bits per heavy atom. The number of nitrogens with zero attached hydrogens (tertiary/aromatic N) is 2. The zero-order chi connectivity index (χ0) is 19.0. The molecule has 1 aliphatic heterocycles. The summed E-state index contributed by atoms with van der Waals surface area (Å²) >= 11 is 1.29. The summed E-state index contributed by atoms with van der Waals surface area (Å²) in [5.41, 5.74) is 2.34. The second-order valence-electron chi connectivity index (χ2n) is 6.10. The lowest BCUT2D eigenvalue weighted by atomic mass is 10.1. The second kappa shape index (κ2) is 6.77. The van der Waals surface area contributed by atoms with Crippen LogP contribution in [0.4, 0.5) is 5.13 Å². The molecule has 0 aliphatic carbocycles. The fraction of sp³-hybridized carbons (Fsp3) is 0.100. The Kier molecular flexibility index (Phi) is 4.29. The van der Waals surface area contributed by atoms with E-state index in [2.05, 4.69) is 10.3 Å². The number of hydrogen-bond donors (Lipinski definition) is 1. The average Bonchev–Trinajstić information content (AvgIpc) is 3.26. The van der Waals surface area contributed by atoms with Crippen molar-refractivity contribution in [1.29, 1.82) is 0 Å². The number of benzene rings is 2. The molecule has 0 bridgehead atoms. The van der Waals surface area contributed by atoms with Crippen LogP contribution in [0.1, 0.15) is 27.6 Å². The van der Waals surface area contributed by atoms with Crippen molar-refractivity contribution < 1.29 is 14.4 Å². The van der Waals surface area contributed by atoms with Crippen LogP contribution in [0.15, 0.2) is 60.0 Å². The number of amides is 3. The molecule has 0 saturated carbocycles. The van der Waals surface area contributed by atoms with Gasteiger partial charge in [0, 0.05) is 10.9 Å². The first-order chi connectivity index (χ1) is 13.1. The molecule has 1 N–H and O–H groups in total. The molecule has 27 heavy (non-hydrogen) atoms. The minimum atomic E-state index is -0.943. The Morgan fingerprint density at radius 2 is 1.59 bits per heavy atom. The second-order valence-corrected chi connectivity index (χ2v) is 6.95. The molecule has 3 aromatic rings. The minimum Gasteiger partial charge on any atom is -0.300 e. The van der Waals surface area contributed by atoms with E-state index in [-0.39, 0.29) is 0 Å². The van der Waals surface area contributed by atoms with Crippen molar-refractivity contribution in [3.05, 3.63) is 71.1 Å². The largest absolute Gasteiger partial charge is 0.300 e. The normalized spacial score (nSPS) is 14.2. The van der Waals surface area contributed by atoms with E-state index in [1.54, 1.807) is 24.3 Å². The summed E-state index contributed by atoms with van der Waals surface area (Å²) in [6.45, 7) is 1.53. The molecule has 0 radical (unpaired) electrons. The van der Waals surface area contributed by atoms with Crippen LogP contribution in [-0.4, -0.2) is 33.6 Å². The Labute approximate surface area is 159 Å². The fourth-order valence-electron chi connectivity index (χ4n) is 2.96. The topological polar surface area (TPSA) is 79.4 Å². The van der Waals surface area contributed by atoms with E-state index in [9.17, 15) is 14.4 Å². The molecule has 4 rings (SSSR count). The van der Waals surface area contributed by atoms with Crippen molar-refractivity contribution in [3.8, 4) is 11.3 Å². The van der Waals surface area contributed by atoms with E-state index in [4.69, 9.17) is 0 Å². The lowest BCUT2D eigenvalue weighted by Gasteiger charge is -2.21. The van der Waals surface area contributed by atoms with Gasteiger partial charge in [0.2, 0.25) is 5.91 Å².